The van der Waals surface area contributed by atoms with Gasteiger partial charge in [-0.3, -0.25) is 4.79 Å². The average Bonchev–Trinajstić information content (AvgIpc) is 2.86. The number of nitrogens with zero attached hydrogens (tertiary/aromatic N) is 2. The number of alkyl halides is 3. The average molecular weight is 299 g/mol. The van der Waals surface area contributed by atoms with Crippen LogP contribution in [0, 0.1) is 0 Å². The first-order valence-corrected chi connectivity index (χ1v) is 5.49. The zero-order valence-electron chi connectivity index (χ0n) is 10.3. The van der Waals surface area contributed by atoms with Crippen LogP contribution in [-0.4, -0.2) is 26.8 Å². The summed E-state index contributed by atoms with van der Waals surface area (Å²) in [4.78, 5) is 22.1. The van der Waals surface area contributed by atoms with Crippen molar-refractivity contribution in [2.75, 3.05) is 0 Å². The first-order chi connectivity index (χ1) is 9.70. The molecule has 0 atom stereocenters. The van der Waals surface area contributed by atoms with Crippen molar-refractivity contribution >= 4 is 11.9 Å². The molecule has 1 aromatic carbocycles. The van der Waals surface area contributed by atoms with E-state index in [0.717, 1.165) is 29.2 Å². The predicted octanol–water partition coefficient (Wildman–Crippen LogP) is 1.69. The monoisotopic (exact) mass is 299 g/mol. The van der Waals surface area contributed by atoms with Gasteiger partial charge in [-0.1, -0.05) is 0 Å². The lowest BCUT2D eigenvalue weighted by atomic mass is 10.1. The van der Waals surface area contributed by atoms with Crippen molar-refractivity contribution in [3.05, 3.63) is 47.3 Å². The summed E-state index contributed by atoms with van der Waals surface area (Å²) >= 11 is 0. The summed E-state index contributed by atoms with van der Waals surface area (Å²) in [6, 6.07) is 2.20. The number of halogens is 3. The molecule has 0 aliphatic carbocycles. The number of aromatic carboxylic acids is 1. The summed E-state index contributed by atoms with van der Waals surface area (Å²) in [6.45, 7) is 0. The molecule has 0 saturated heterocycles. The Morgan fingerprint density at radius 1 is 1.29 bits per heavy atom. The zero-order chi connectivity index (χ0) is 15.8. The lowest BCUT2D eigenvalue weighted by molar-refractivity contribution is -0.137. The van der Waals surface area contributed by atoms with E-state index in [-0.39, 0.29) is 11.3 Å². The molecule has 0 unspecified atom stereocenters. The molecule has 0 aliphatic heterocycles. The van der Waals surface area contributed by atoms with E-state index >= 15 is 0 Å². The molecule has 0 fully saturated rings. The molecule has 1 amide bonds. The molecule has 0 radical (unpaired) electrons. The Morgan fingerprint density at radius 2 is 1.95 bits per heavy atom. The first kappa shape index (κ1) is 14.6. The second kappa shape index (κ2) is 4.93. The molecule has 21 heavy (non-hydrogen) atoms. The van der Waals surface area contributed by atoms with E-state index in [2.05, 4.69) is 5.10 Å². The van der Waals surface area contributed by atoms with E-state index in [1.165, 1.54) is 0 Å². The maximum absolute atomic E-state index is 12.6. The lowest BCUT2D eigenvalue weighted by Gasteiger charge is -2.11. The SMILES string of the molecule is NC(=O)c1cnn(-c2ccc(C(F)(F)F)cc2C(=O)O)c1. The Balaban J connectivity index is 2.57. The molecular weight excluding hydrogens is 291 g/mol. The van der Waals surface area contributed by atoms with Crippen LogP contribution in [0.15, 0.2) is 30.6 Å². The molecule has 2 aromatic rings. The molecule has 0 saturated carbocycles. The topological polar surface area (TPSA) is 98.2 Å². The van der Waals surface area contributed by atoms with Crippen molar-refractivity contribution in [3.63, 3.8) is 0 Å². The maximum Gasteiger partial charge on any atom is 0.416 e. The fourth-order valence-corrected chi connectivity index (χ4v) is 1.67. The predicted molar refractivity (Wildman–Crippen MR) is 64.0 cm³/mol. The molecule has 3 N–H and O–H groups in total. The summed E-state index contributed by atoms with van der Waals surface area (Å²) < 4.78 is 38.8. The van der Waals surface area contributed by atoms with Gasteiger partial charge < -0.3 is 10.8 Å². The summed E-state index contributed by atoms with van der Waals surface area (Å²) in [5.41, 5.74) is 3.24. The molecule has 1 heterocycles. The summed E-state index contributed by atoms with van der Waals surface area (Å²) in [5, 5.41) is 12.7. The molecule has 2 rings (SSSR count). The number of amides is 1. The number of benzene rings is 1. The van der Waals surface area contributed by atoms with Gasteiger partial charge in [0.25, 0.3) is 5.91 Å². The number of carboxylic acid groups (broad SMARTS) is 1. The Hall–Kier alpha value is -2.84. The van der Waals surface area contributed by atoms with Gasteiger partial charge in [-0.15, -0.1) is 0 Å². The number of hydrogen-bond acceptors (Lipinski definition) is 3. The van der Waals surface area contributed by atoms with Crippen LogP contribution in [-0.2, 0) is 6.18 Å². The van der Waals surface area contributed by atoms with Crippen LogP contribution < -0.4 is 5.73 Å². The highest BCUT2D eigenvalue weighted by Crippen LogP contribution is 2.31. The van der Waals surface area contributed by atoms with Crippen LogP contribution in [0.25, 0.3) is 5.69 Å². The van der Waals surface area contributed by atoms with E-state index in [1.54, 1.807) is 0 Å². The molecule has 9 heteroatoms. The van der Waals surface area contributed by atoms with Crippen molar-refractivity contribution in [3.8, 4) is 5.69 Å². The van der Waals surface area contributed by atoms with Gasteiger partial charge in [0.15, 0.2) is 0 Å². The van der Waals surface area contributed by atoms with E-state index in [9.17, 15) is 22.8 Å². The Bertz CT molecular complexity index is 722. The molecule has 0 bridgehead atoms. The molecule has 6 nitrogen and oxygen atoms in total. The van der Waals surface area contributed by atoms with Gasteiger partial charge in [0.2, 0.25) is 0 Å². The number of hydrogen-bond donors (Lipinski definition) is 2. The summed E-state index contributed by atoms with van der Waals surface area (Å²) in [5.74, 6) is -2.34. The maximum atomic E-state index is 12.6. The highest BCUT2D eigenvalue weighted by atomic mass is 19.4. The van der Waals surface area contributed by atoms with Gasteiger partial charge >= 0.3 is 12.1 Å². The van der Waals surface area contributed by atoms with Crippen LogP contribution >= 0.6 is 0 Å². The van der Waals surface area contributed by atoms with Crippen molar-refractivity contribution in [2.45, 2.75) is 6.18 Å². The van der Waals surface area contributed by atoms with Crippen LogP contribution in [0.4, 0.5) is 13.2 Å². The van der Waals surface area contributed by atoms with E-state index in [1.807, 2.05) is 0 Å². The zero-order valence-corrected chi connectivity index (χ0v) is 10.3. The molecule has 1 aromatic heterocycles. The van der Waals surface area contributed by atoms with Gasteiger partial charge in [0.1, 0.15) is 0 Å². The van der Waals surface area contributed by atoms with Gasteiger partial charge in [0, 0.05) is 6.20 Å². The third kappa shape index (κ3) is 2.86. The smallest absolute Gasteiger partial charge is 0.416 e. The second-order valence-electron chi connectivity index (χ2n) is 4.07. The summed E-state index contributed by atoms with van der Waals surface area (Å²) in [7, 11) is 0. The van der Waals surface area contributed by atoms with Crippen LogP contribution in [0.3, 0.4) is 0 Å². The Morgan fingerprint density at radius 3 is 2.43 bits per heavy atom. The van der Waals surface area contributed by atoms with Crippen molar-refractivity contribution in [1.29, 1.82) is 0 Å². The third-order valence-electron chi connectivity index (χ3n) is 2.67. The van der Waals surface area contributed by atoms with Gasteiger partial charge in [0.05, 0.1) is 28.6 Å². The fraction of sp³-hybridized carbons (Fsp3) is 0.0833. The normalized spacial score (nSPS) is 11.4. The quantitative estimate of drug-likeness (QED) is 0.901. The molecular formula is C12H8F3N3O3. The van der Waals surface area contributed by atoms with E-state index in [4.69, 9.17) is 10.8 Å². The van der Waals surface area contributed by atoms with Gasteiger partial charge in [-0.25, -0.2) is 9.48 Å². The number of nitrogens with two attached hydrogens (primary N) is 1. The number of carbonyl (C=O) groups excluding carboxylic acids is 1. The summed E-state index contributed by atoms with van der Waals surface area (Å²) in [6.07, 6.45) is -2.44. The fourth-order valence-electron chi connectivity index (χ4n) is 1.67. The van der Waals surface area contributed by atoms with E-state index in [0.29, 0.717) is 6.07 Å². The number of primary amides is 1. The lowest BCUT2D eigenvalue weighted by Crippen LogP contribution is -2.12. The van der Waals surface area contributed by atoms with Crippen LogP contribution in [0.5, 0.6) is 0 Å². The standard InChI is InChI=1S/C12H8F3N3O3/c13-12(14,15)7-1-2-9(8(3-7)11(20)21)18-5-6(4-17-18)10(16)19/h1-5H,(H2,16,19)(H,20,21). The number of rotatable bonds is 3. The third-order valence-corrected chi connectivity index (χ3v) is 2.67. The van der Waals surface area contributed by atoms with E-state index < -0.39 is 29.2 Å². The number of aromatic nitrogens is 2. The molecule has 0 aliphatic rings. The second-order valence-corrected chi connectivity index (χ2v) is 4.07. The highest BCUT2D eigenvalue weighted by molar-refractivity contribution is 5.93. The number of carboxylic acids is 1. The first-order valence-electron chi connectivity index (χ1n) is 5.49. The Labute approximate surface area is 115 Å². The highest BCUT2D eigenvalue weighted by Gasteiger charge is 2.32. The molecule has 110 valence electrons. The minimum atomic E-state index is -4.66. The van der Waals surface area contributed by atoms with Crippen molar-refractivity contribution in [2.24, 2.45) is 5.73 Å². The number of carbonyl (C=O) groups is 2. The van der Waals surface area contributed by atoms with Crippen molar-refractivity contribution in [1.82, 2.24) is 9.78 Å². The Kier molecular flexibility index (Phi) is 3.42. The minimum absolute atomic E-state index is 0.00577. The minimum Gasteiger partial charge on any atom is -0.478 e. The largest absolute Gasteiger partial charge is 0.478 e. The van der Waals surface area contributed by atoms with Gasteiger partial charge in [-0.05, 0) is 18.2 Å². The molecule has 0 spiro atoms. The van der Waals surface area contributed by atoms with Crippen molar-refractivity contribution < 1.29 is 27.9 Å². The van der Waals surface area contributed by atoms with Crippen LogP contribution in [0.2, 0.25) is 0 Å². The van der Waals surface area contributed by atoms with Gasteiger partial charge in [-0.2, -0.15) is 18.3 Å². The van der Waals surface area contributed by atoms with Crippen LogP contribution in [0.1, 0.15) is 26.3 Å².